The van der Waals surface area contributed by atoms with Crippen LogP contribution < -0.4 is 0 Å². The molecule has 36 heavy (non-hydrogen) atoms. The van der Waals surface area contributed by atoms with Crippen molar-refractivity contribution in [3.63, 3.8) is 0 Å². The Labute approximate surface area is 218 Å². The molecule has 0 unspecified atom stereocenters. The fraction of sp³-hybridized carbons (Fsp3) is 0. The van der Waals surface area contributed by atoms with Crippen molar-refractivity contribution < 1.29 is 8.78 Å². The van der Waals surface area contributed by atoms with Crippen molar-refractivity contribution in [1.82, 2.24) is 9.97 Å². The highest BCUT2D eigenvalue weighted by Gasteiger charge is 2.17. The second-order valence-electron chi connectivity index (χ2n) is 8.52. The lowest BCUT2D eigenvalue weighted by molar-refractivity contribution is 0.626. The number of hydrogen-bond acceptors (Lipinski definition) is 6. The molecule has 0 amide bonds. The molecule has 8 rings (SSSR count). The summed E-state index contributed by atoms with van der Waals surface area (Å²) < 4.78 is 35.9. The fourth-order valence-electron chi connectivity index (χ4n) is 4.69. The molecule has 0 bridgehead atoms. The van der Waals surface area contributed by atoms with Gasteiger partial charge in [-0.05, 0) is 71.4 Å². The van der Waals surface area contributed by atoms with Crippen molar-refractivity contribution >= 4 is 95.1 Å². The first-order valence-corrected chi connectivity index (χ1v) is 14.4. The van der Waals surface area contributed by atoms with E-state index in [1.807, 2.05) is 12.1 Å². The van der Waals surface area contributed by atoms with Gasteiger partial charge in [-0.3, -0.25) is 9.97 Å². The largest absolute Gasteiger partial charge is 0.252 e. The van der Waals surface area contributed by atoms with E-state index >= 15 is 0 Å². The minimum absolute atomic E-state index is 0.299. The minimum atomic E-state index is -0.299. The van der Waals surface area contributed by atoms with Gasteiger partial charge in [0.1, 0.15) is 23.0 Å². The number of pyridine rings is 2. The summed E-state index contributed by atoms with van der Waals surface area (Å²) in [5, 5.41) is 4.68. The molecule has 0 aliphatic carbocycles. The Kier molecular flexibility index (Phi) is 4.40. The highest BCUT2D eigenvalue weighted by Crippen LogP contribution is 2.48. The predicted molar refractivity (Wildman–Crippen MR) is 152 cm³/mol. The zero-order valence-corrected chi connectivity index (χ0v) is 21.5. The molecule has 0 radical (unpaired) electrons. The van der Waals surface area contributed by atoms with Gasteiger partial charge in [-0.1, -0.05) is 0 Å². The van der Waals surface area contributed by atoms with Crippen LogP contribution in [0.4, 0.5) is 8.78 Å². The minimum Gasteiger partial charge on any atom is -0.252 e. The Hall–Kier alpha value is -3.30. The van der Waals surface area contributed by atoms with E-state index in [1.54, 1.807) is 69.9 Å². The number of aromatic nitrogens is 2. The molecule has 0 aliphatic heterocycles. The predicted octanol–water partition coefficient (Wildman–Crippen LogP) is 10.1. The molecule has 2 aromatic carbocycles. The summed E-state index contributed by atoms with van der Waals surface area (Å²) in [4.78, 5) is 10.2. The van der Waals surface area contributed by atoms with Crippen LogP contribution in [-0.2, 0) is 0 Å². The summed E-state index contributed by atoms with van der Waals surface area (Å²) in [6, 6.07) is 19.1. The first kappa shape index (κ1) is 20.8. The molecule has 8 aromatic rings. The number of halogens is 2. The molecule has 6 heterocycles. The van der Waals surface area contributed by atoms with Crippen molar-refractivity contribution in [2.45, 2.75) is 0 Å². The van der Waals surface area contributed by atoms with E-state index in [2.05, 4.69) is 34.2 Å². The van der Waals surface area contributed by atoms with Gasteiger partial charge in [-0.25, -0.2) is 8.78 Å². The van der Waals surface area contributed by atoms with E-state index < -0.39 is 0 Å². The SMILES string of the molecule is Fc1cccnc1-c1cc2cc3sc4c5cc6sc(-c7ncccc7F)cc6cc5sc4c3cc2s1. The van der Waals surface area contributed by atoms with Crippen molar-refractivity contribution in [3.05, 3.63) is 84.7 Å². The average molecular weight is 543 g/mol. The molecule has 0 N–H and O–H groups in total. The smallest absolute Gasteiger partial charge is 0.150 e. The zero-order valence-electron chi connectivity index (χ0n) is 18.2. The Bertz CT molecular complexity index is 1990. The molecular formula is C28H12F2N2S4. The normalized spacial score (nSPS) is 12.2. The van der Waals surface area contributed by atoms with Gasteiger partial charge in [-0.15, -0.1) is 45.3 Å². The Morgan fingerprint density at radius 2 is 1.00 bits per heavy atom. The maximum atomic E-state index is 14.3. The van der Waals surface area contributed by atoms with Gasteiger partial charge in [0, 0.05) is 42.0 Å². The molecule has 2 nitrogen and oxygen atoms in total. The second kappa shape index (κ2) is 7.60. The molecule has 0 saturated heterocycles. The molecule has 0 aliphatic rings. The summed E-state index contributed by atoms with van der Waals surface area (Å²) in [7, 11) is 0. The molecular weight excluding hydrogens is 531 g/mol. The molecule has 172 valence electrons. The average Bonchev–Trinajstić information content (AvgIpc) is 3.63. The highest BCUT2D eigenvalue weighted by atomic mass is 32.1. The van der Waals surface area contributed by atoms with Crippen molar-refractivity contribution in [2.24, 2.45) is 0 Å². The summed E-state index contributed by atoms with van der Waals surface area (Å²) >= 11 is 6.73. The van der Waals surface area contributed by atoms with Gasteiger partial charge in [0.05, 0.1) is 19.2 Å². The van der Waals surface area contributed by atoms with Crippen LogP contribution in [0.15, 0.2) is 73.1 Å². The Morgan fingerprint density at radius 1 is 0.528 bits per heavy atom. The third kappa shape index (κ3) is 3.02. The van der Waals surface area contributed by atoms with Gasteiger partial charge in [0.25, 0.3) is 0 Å². The Morgan fingerprint density at radius 3 is 1.44 bits per heavy atom. The lowest BCUT2D eigenvalue weighted by Crippen LogP contribution is -1.84. The number of rotatable bonds is 2. The summed E-state index contributed by atoms with van der Waals surface area (Å²) in [6.45, 7) is 0. The van der Waals surface area contributed by atoms with Gasteiger partial charge < -0.3 is 0 Å². The maximum absolute atomic E-state index is 14.3. The maximum Gasteiger partial charge on any atom is 0.150 e. The lowest BCUT2D eigenvalue weighted by Gasteiger charge is -1.96. The van der Waals surface area contributed by atoms with E-state index in [0.29, 0.717) is 11.4 Å². The van der Waals surface area contributed by atoms with Crippen LogP contribution in [0.5, 0.6) is 0 Å². The summed E-state index contributed by atoms with van der Waals surface area (Å²) in [5.41, 5.74) is 0.804. The first-order chi connectivity index (χ1) is 17.6. The van der Waals surface area contributed by atoms with E-state index in [4.69, 9.17) is 0 Å². The third-order valence-electron chi connectivity index (χ3n) is 6.34. The zero-order chi connectivity index (χ0) is 24.0. The van der Waals surface area contributed by atoms with Gasteiger partial charge in [0.15, 0.2) is 0 Å². The number of nitrogens with zero attached hydrogens (tertiary/aromatic N) is 2. The summed E-state index contributed by atoms with van der Waals surface area (Å²) in [6.07, 6.45) is 3.26. The number of thiophene rings is 4. The van der Waals surface area contributed by atoms with Crippen LogP contribution in [0.25, 0.3) is 70.9 Å². The lowest BCUT2D eigenvalue weighted by atomic mass is 10.1. The highest BCUT2D eigenvalue weighted by molar-refractivity contribution is 7.37. The van der Waals surface area contributed by atoms with Gasteiger partial charge in [0.2, 0.25) is 0 Å². The topological polar surface area (TPSA) is 25.8 Å². The van der Waals surface area contributed by atoms with E-state index in [0.717, 1.165) is 29.9 Å². The number of fused-ring (bicyclic) bond motifs is 7. The van der Waals surface area contributed by atoms with Crippen LogP contribution in [0.2, 0.25) is 0 Å². The number of benzene rings is 2. The Balaban J connectivity index is 1.31. The molecule has 0 fully saturated rings. The fourth-order valence-corrected chi connectivity index (χ4v) is 9.55. The standard InChI is InChI=1S/C28H12F2N2S4/c29-17-3-1-5-31-25(17)23-9-13-7-21-15(11-19(13)33-23)27-28(35-21)16-12-20-14(8-22(16)36-27)10-24(34-20)26-18(30)4-2-6-32-26/h1-12H. The summed E-state index contributed by atoms with van der Waals surface area (Å²) in [5.74, 6) is -0.599. The quantitative estimate of drug-likeness (QED) is 0.217. The number of hydrogen-bond donors (Lipinski definition) is 0. The molecule has 0 saturated carbocycles. The van der Waals surface area contributed by atoms with Crippen LogP contribution in [0.1, 0.15) is 0 Å². The molecule has 0 spiro atoms. The van der Waals surface area contributed by atoms with E-state index in [1.165, 1.54) is 41.7 Å². The van der Waals surface area contributed by atoms with Crippen LogP contribution >= 0.6 is 45.3 Å². The monoisotopic (exact) mass is 542 g/mol. The van der Waals surface area contributed by atoms with Gasteiger partial charge in [-0.2, -0.15) is 0 Å². The van der Waals surface area contributed by atoms with Crippen LogP contribution in [0.3, 0.4) is 0 Å². The van der Waals surface area contributed by atoms with E-state index in [9.17, 15) is 8.78 Å². The third-order valence-corrected chi connectivity index (χ3v) is 11.1. The molecule has 8 heteroatoms. The van der Waals surface area contributed by atoms with Gasteiger partial charge >= 0.3 is 0 Å². The van der Waals surface area contributed by atoms with Crippen LogP contribution in [0, 0.1) is 11.6 Å². The van der Waals surface area contributed by atoms with Crippen molar-refractivity contribution in [2.75, 3.05) is 0 Å². The van der Waals surface area contributed by atoms with Crippen molar-refractivity contribution in [1.29, 1.82) is 0 Å². The van der Waals surface area contributed by atoms with E-state index in [-0.39, 0.29) is 11.6 Å². The first-order valence-electron chi connectivity index (χ1n) is 11.1. The second-order valence-corrected chi connectivity index (χ2v) is 12.8. The molecule has 6 aromatic heterocycles. The van der Waals surface area contributed by atoms with Crippen LogP contribution in [-0.4, -0.2) is 9.97 Å². The van der Waals surface area contributed by atoms with Crippen molar-refractivity contribution in [3.8, 4) is 21.1 Å². The molecule has 0 atom stereocenters.